The van der Waals surface area contributed by atoms with Crippen molar-refractivity contribution in [3.05, 3.63) is 65.2 Å². The molecule has 2 N–H and O–H groups in total. The molecule has 1 saturated heterocycles. The van der Waals surface area contributed by atoms with Crippen molar-refractivity contribution < 1.29 is 24.2 Å². The number of piperidine rings is 1. The van der Waals surface area contributed by atoms with Crippen LogP contribution in [0.4, 0.5) is 4.39 Å². The molecule has 0 bridgehead atoms. The first-order chi connectivity index (χ1) is 12.8. The number of carboxylic acids is 1. The summed E-state index contributed by atoms with van der Waals surface area (Å²) in [5.74, 6) is -2.02. The zero-order chi connectivity index (χ0) is 19.6. The molecule has 1 aliphatic heterocycles. The molecule has 0 saturated carbocycles. The molecule has 1 amide bonds. The fourth-order valence-electron chi connectivity index (χ4n) is 3.50. The highest BCUT2D eigenvalue weighted by atomic mass is 19.1. The fraction of sp³-hybridized carbons (Fsp3) is 0.350. The number of pyridine rings is 1. The van der Waals surface area contributed by atoms with Crippen LogP contribution < -0.4 is 0 Å². The highest BCUT2D eigenvalue weighted by Gasteiger charge is 2.50. The van der Waals surface area contributed by atoms with Gasteiger partial charge in [-0.25, -0.2) is 4.39 Å². The number of aromatic nitrogens is 1. The lowest BCUT2D eigenvalue weighted by atomic mass is 9.72. The number of hydrogen-bond donors (Lipinski definition) is 2. The number of hydrogen-bond acceptors (Lipinski definition) is 4. The maximum absolute atomic E-state index is 13.5. The van der Waals surface area contributed by atoms with Gasteiger partial charge in [-0.2, -0.15) is 0 Å². The van der Waals surface area contributed by atoms with Crippen LogP contribution in [0.25, 0.3) is 0 Å². The molecule has 0 radical (unpaired) electrons. The first-order valence-electron chi connectivity index (χ1n) is 8.70. The van der Waals surface area contributed by atoms with Crippen molar-refractivity contribution in [1.82, 2.24) is 9.88 Å². The Morgan fingerprint density at radius 2 is 2.11 bits per heavy atom. The number of carbonyl (C=O) groups is 2. The molecule has 1 aromatic carbocycles. The van der Waals surface area contributed by atoms with Gasteiger partial charge in [-0.15, -0.1) is 0 Å². The van der Waals surface area contributed by atoms with Gasteiger partial charge in [-0.1, -0.05) is 12.1 Å². The summed E-state index contributed by atoms with van der Waals surface area (Å²) in [5.41, 5.74) is -0.00351. The maximum atomic E-state index is 13.5. The number of rotatable bonds is 4. The van der Waals surface area contributed by atoms with Crippen molar-refractivity contribution in [2.45, 2.75) is 25.9 Å². The number of amides is 1. The summed E-state index contributed by atoms with van der Waals surface area (Å²) in [6.45, 7) is 1.89. The third-order valence-corrected chi connectivity index (χ3v) is 5.06. The number of aryl methyl sites for hydroxylation is 1. The van der Waals surface area contributed by atoms with Gasteiger partial charge in [-0.3, -0.25) is 14.6 Å². The van der Waals surface area contributed by atoms with E-state index < -0.39 is 23.3 Å². The van der Waals surface area contributed by atoms with Crippen molar-refractivity contribution in [2.75, 3.05) is 13.1 Å². The summed E-state index contributed by atoms with van der Waals surface area (Å²) in [6, 6.07) is 8.99. The number of nitrogens with zero attached hydrogens (tertiary/aromatic N) is 2. The van der Waals surface area contributed by atoms with Crippen LogP contribution in [-0.4, -0.2) is 51.2 Å². The second-order valence-electron chi connectivity index (χ2n) is 6.99. The molecule has 0 aliphatic carbocycles. The third kappa shape index (κ3) is 3.83. The molecule has 0 unspecified atom stereocenters. The Balaban J connectivity index is 1.89. The van der Waals surface area contributed by atoms with Gasteiger partial charge in [0.2, 0.25) is 0 Å². The fourth-order valence-corrected chi connectivity index (χ4v) is 3.50. The van der Waals surface area contributed by atoms with Gasteiger partial charge in [-0.05, 0) is 49.6 Å². The molecule has 2 aromatic rings. The van der Waals surface area contributed by atoms with Crippen LogP contribution in [0.2, 0.25) is 0 Å². The molecule has 7 heteroatoms. The van der Waals surface area contributed by atoms with E-state index in [2.05, 4.69) is 4.98 Å². The number of aliphatic hydroxyl groups excluding tert-OH is 1. The largest absolute Gasteiger partial charge is 0.481 e. The Labute approximate surface area is 156 Å². The Kier molecular flexibility index (Phi) is 5.23. The van der Waals surface area contributed by atoms with Gasteiger partial charge in [0.25, 0.3) is 5.91 Å². The standard InChI is InChI=1S/C20H21FN2O4/c1-13-5-6-15(11-22-13)18(25)23-8-7-17(24)20(12-23,19(26)27)10-14-3-2-4-16(21)9-14/h2-6,9,11,17,24H,7-8,10,12H2,1H3,(H,26,27)/t17-,20-/m1/s1. The molecule has 0 spiro atoms. The first kappa shape index (κ1) is 19.0. The van der Waals surface area contributed by atoms with E-state index in [1.54, 1.807) is 25.1 Å². The van der Waals surface area contributed by atoms with Gasteiger partial charge < -0.3 is 15.1 Å². The summed E-state index contributed by atoms with van der Waals surface area (Å²) in [4.78, 5) is 30.4. The highest BCUT2D eigenvalue weighted by molar-refractivity contribution is 5.94. The van der Waals surface area contributed by atoms with E-state index in [0.29, 0.717) is 11.1 Å². The number of benzene rings is 1. The van der Waals surface area contributed by atoms with Crippen molar-refractivity contribution >= 4 is 11.9 Å². The Hall–Kier alpha value is -2.80. The van der Waals surface area contributed by atoms with Crippen molar-refractivity contribution in [1.29, 1.82) is 0 Å². The first-order valence-corrected chi connectivity index (χ1v) is 8.70. The van der Waals surface area contributed by atoms with E-state index in [1.807, 2.05) is 0 Å². The molecule has 1 fully saturated rings. The summed E-state index contributed by atoms with van der Waals surface area (Å²) in [6.07, 6.45) is 0.375. The summed E-state index contributed by atoms with van der Waals surface area (Å²) in [7, 11) is 0. The van der Waals surface area contributed by atoms with Gasteiger partial charge in [0.15, 0.2) is 0 Å². The van der Waals surface area contributed by atoms with Gasteiger partial charge in [0.05, 0.1) is 11.7 Å². The summed E-state index contributed by atoms with van der Waals surface area (Å²) >= 11 is 0. The minimum Gasteiger partial charge on any atom is -0.481 e. The Morgan fingerprint density at radius 3 is 2.74 bits per heavy atom. The van der Waals surface area contributed by atoms with E-state index in [1.165, 1.54) is 29.3 Å². The van der Waals surface area contributed by atoms with Crippen molar-refractivity contribution in [2.24, 2.45) is 5.41 Å². The number of likely N-dealkylation sites (tertiary alicyclic amines) is 1. The number of carboxylic acid groups (broad SMARTS) is 1. The van der Waals surface area contributed by atoms with Crippen molar-refractivity contribution in [3.8, 4) is 0 Å². The average molecular weight is 372 g/mol. The Morgan fingerprint density at radius 1 is 1.33 bits per heavy atom. The number of aliphatic carboxylic acids is 1. The molecule has 6 nitrogen and oxygen atoms in total. The Bertz CT molecular complexity index is 855. The zero-order valence-corrected chi connectivity index (χ0v) is 14.9. The van der Waals surface area contributed by atoms with Crippen LogP contribution >= 0.6 is 0 Å². The zero-order valence-electron chi connectivity index (χ0n) is 14.9. The topological polar surface area (TPSA) is 90.7 Å². The molecule has 142 valence electrons. The van der Waals surface area contributed by atoms with E-state index in [4.69, 9.17) is 0 Å². The monoisotopic (exact) mass is 372 g/mol. The van der Waals surface area contributed by atoms with Crippen LogP contribution in [0.5, 0.6) is 0 Å². The second kappa shape index (κ2) is 7.44. The molecular formula is C20H21FN2O4. The van der Waals surface area contributed by atoms with E-state index in [-0.39, 0.29) is 31.8 Å². The maximum Gasteiger partial charge on any atom is 0.314 e. The average Bonchev–Trinajstić information content (AvgIpc) is 2.63. The number of halogens is 1. The normalized spacial score (nSPS) is 22.5. The smallest absolute Gasteiger partial charge is 0.314 e. The van der Waals surface area contributed by atoms with Crippen LogP contribution in [-0.2, 0) is 11.2 Å². The van der Waals surface area contributed by atoms with Crippen LogP contribution in [0.3, 0.4) is 0 Å². The van der Waals surface area contributed by atoms with Gasteiger partial charge in [0.1, 0.15) is 11.2 Å². The molecule has 3 rings (SSSR count). The minimum absolute atomic E-state index is 0.0722. The quantitative estimate of drug-likeness (QED) is 0.857. The molecule has 1 aromatic heterocycles. The van der Waals surface area contributed by atoms with Crippen LogP contribution in [0.1, 0.15) is 28.0 Å². The SMILES string of the molecule is Cc1ccc(C(=O)N2CC[C@@H](O)[C@](Cc3cccc(F)c3)(C(=O)O)C2)cn1. The minimum atomic E-state index is -1.60. The lowest BCUT2D eigenvalue weighted by molar-refractivity contribution is -0.161. The van der Waals surface area contributed by atoms with Crippen LogP contribution in [0, 0.1) is 18.2 Å². The molecule has 2 heterocycles. The second-order valence-corrected chi connectivity index (χ2v) is 6.99. The predicted molar refractivity (Wildman–Crippen MR) is 95.7 cm³/mol. The molecule has 1 aliphatic rings. The van der Waals surface area contributed by atoms with Crippen LogP contribution in [0.15, 0.2) is 42.6 Å². The molecular weight excluding hydrogens is 351 g/mol. The number of aliphatic hydroxyl groups is 1. The molecule has 2 atom stereocenters. The highest BCUT2D eigenvalue weighted by Crippen LogP contribution is 2.35. The predicted octanol–water partition coefficient (Wildman–Crippen LogP) is 2.05. The summed E-state index contributed by atoms with van der Waals surface area (Å²) in [5, 5.41) is 20.4. The van der Waals surface area contributed by atoms with Crippen molar-refractivity contribution in [3.63, 3.8) is 0 Å². The summed E-state index contributed by atoms with van der Waals surface area (Å²) < 4.78 is 13.5. The van der Waals surface area contributed by atoms with E-state index in [0.717, 1.165) is 5.69 Å². The lowest BCUT2D eigenvalue weighted by Gasteiger charge is -2.43. The van der Waals surface area contributed by atoms with E-state index in [9.17, 15) is 24.2 Å². The van der Waals surface area contributed by atoms with Gasteiger partial charge >= 0.3 is 5.97 Å². The third-order valence-electron chi connectivity index (χ3n) is 5.06. The lowest BCUT2D eigenvalue weighted by Crippen LogP contribution is -2.58. The van der Waals surface area contributed by atoms with Gasteiger partial charge in [0, 0.05) is 25.0 Å². The van der Waals surface area contributed by atoms with E-state index >= 15 is 0 Å². The number of carbonyl (C=O) groups excluding carboxylic acids is 1. The molecule has 27 heavy (non-hydrogen) atoms.